The zero-order valence-electron chi connectivity index (χ0n) is 16.3. The van der Waals surface area contributed by atoms with Gasteiger partial charge in [-0.15, -0.1) is 0 Å². The lowest BCUT2D eigenvalue weighted by atomic mass is 10.1. The monoisotopic (exact) mass is 411 g/mol. The summed E-state index contributed by atoms with van der Waals surface area (Å²) >= 11 is 5.99. The van der Waals surface area contributed by atoms with Crippen molar-refractivity contribution in [2.75, 3.05) is 18.8 Å². The number of aromatic nitrogens is 4. The Labute approximate surface area is 173 Å². The molecular formula is C20H22ClN7O. The number of halogens is 1. The number of likely N-dealkylation sites (tertiary alicyclic amines) is 1. The van der Waals surface area contributed by atoms with Crippen LogP contribution in [0.1, 0.15) is 32.7 Å². The summed E-state index contributed by atoms with van der Waals surface area (Å²) in [5, 5.41) is 14.8. The van der Waals surface area contributed by atoms with Gasteiger partial charge < -0.3 is 10.6 Å². The van der Waals surface area contributed by atoms with Gasteiger partial charge in [0, 0.05) is 23.7 Å². The number of rotatable bonds is 3. The molecule has 1 atom stereocenters. The normalized spacial score (nSPS) is 15.7. The Balaban J connectivity index is 0.00000117. The van der Waals surface area contributed by atoms with Gasteiger partial charge in [-0.1, -0.05) is 37.6 Å². The number of nitrogens with two attached hydrogens (primary N) is 1. The molecule has 3 aromatic rings. The summed E-state index contributed by atoms with van der Waals surface area (Å²) in [4.78, 5) is 22.2. The molecule has 1 aromatic carbocycles. The summed E-state index contributed by atoms with van der Waals surface area (Å²) in [6.45, 7) is 5.07. The first kappa shape index (κ1) is 20.6. The maximum Gasteiger partial charge on any atom is 0.236 e. The second-order valence-electron chi connectivity index (χ2n) is 6.37. The van der Waals surface area contributed by atoms with Gasteiger partial charge in [-0.25, -0.2) is 14.6 Å². The number of hydrogen-bond acceptors (Lipinski definition) is 6. The van der Waals surface area contributed by atoms with Gasteiger partial charge in [-0.3, -0.25) is 4.79 Å². The van der Waals surface area contributed by atoms with Crippen LogP contribution in [0.5, 0.6) is 0 Å². The van der Waals surface area contributed by atoms with E-state index in [1.165, 1.54) is 6.33 Å². The maximum atomic E-state index is 12.0. The number of hydrogen-bond donors (Lipinski definition) is 1. The summed E-state index contributed by atoms with van der Waals surface area (Å²) in [7, 11) is 0. The molecule has 1 unspecified atom stereocenters. The Hall–Kier alpha value is -3.18. The molecule has 0 aliphatic carbocycles. The van der Waals surface area contributed by atoms with Gasteiger partial charge in [0.25, 0.3) is 0 Å². The van der Waals surface area contributed by atoms with Crippen molar-refractivity contribution in [3.05, 3.63) is 35.6 Å². The summed E-state index contributed by atoms with van der Waals surface area (Å²) in [6.07, 6.45) is 2.03. The Kier molecular flexibility index (Phi) is 6.29. The summed E-state index contributed by atoms with van der Waals surface area (Å²) < 4.78 is 1.82. The van der Waals surface area contributed by atoms with E-state index >= 15 is 0 Å². The molecule has 0 bridgehead atoms. The molecular weight excluding hydrogens is 390 g/mol. The Morgan fingerprint density at radius 1 is 1.31 bits per heavy atom. The van der Waals surface area contributed by atoms with Gasteiger partial charge in [0.05, 0.1) is 17.5 Å². The molecule has 1 fully saturated rings. The average Bonchev–Trinajstić information content (AvgIpc) is 3.36. The molecule has 9 heteroatoms. The first-order valence-electron chi connectivity index (χ1n) is 9.48. The number of anilines is 1. The Morgan fingerprint density at radius 3 is 2.72 bits per heavy atom. The highest BCUT2D eigenvalue weighted by Gasteiger charge is 2.30. The minimum atomic E-state index is -0.163. The first-order chi connectivity index (χ1) is 14.1. The predicted octanol–water partition coefficient (Wildman–Crippen LogP) is 3.44. The molecule has 1 amide bonds. The standard InChI is InChI=1S/C18H16ClN7O.C2H6/c19-12-3-1-11(2-4-12)16-15-17(21)22-10-23-18(15)26(24-16)13-6-8-25(9-13)14(27)5-7-20;1-2/h1-4,10,13H,5-6,8-9H2,(H2,21,22,23);1-2H3. The minimum absolute atomic E-state index is 0.0366. The fourth-order valence-electron chi connectivity index (χ4n) is 3.41. The van der Waals surface area contributed by atoms with Crippen LogP contribution in [-0.2, 0) is 4.79 Å². The van der Waals surface area contributed by atoms with Crippen LogP contribution < -0.4 is 5.73 Å². The lowest BCUT2D eigenvalue weighted by Gasteiger charge is -2.15. The quantitative estimate of drug-likeness (QED) is 0.706. The maximum absolute atomic E-state index is 12.0. The number of benzene rings is 1. The van der Waals surface area contributed by atoms with E-state index in [-0.39, 0.29) is 18.4 Å². The molecule has 2 aromatic heterocycles. The van der Waals surface area contributed by atoms with Crippen molar-refractivity contribution in [3.63, 3.8) is 0 Å². The molecule has 0 spiro atoms. The fourth-order valence-corrected chi connectivity index (χ4v) is 3.53. The van der Waals surface area contributed by atoms with Crippen LogP contribution in [-0.4, -0.2) is 43.6 Å². The average molecular weight is 412 g/mol. The topological polar surface area (TPSA) is 114 Å². The second kappa shape index (κ2) is 8.88. The Bertz CT molecular complexity index is 1060. The van der Waals surface area contributed by atoms with Crippen LogP contribution in [0.2, 0.25) is 5.02 Å². The number of amides is 1. The molecule has 0 radical (unpaired) electrons. The van der Waals surface area contributed by atoms with Crippen LogP contribution in [0, 0.1) is 11.3 Å². The van der Waals surface area contributed by atoms with Crippen LogP contribution in [0.25, 0.3) is 22.3 Å². The molecule has 2 N–H and O–H groups in total. The van der Waals surface area contributed by atoms with Crippen molar-refractivity contribution in [1.29, 1.82) is 5.26 Å². The van der Waals surface area contributed by atoms with Gasteiger partial charge in [0.2, 0.25) is 5.91 Å². The molecule has 8 nitrogen and oxygen atoms in total. The van der Waals surface area contributed by atoms with Crippen molar-refractivity contribution < 1.29 is 4.79 Å². The summed E-state index contributed by atoms with van der Waals surface area (Å²) in [5.41, 5.74) is 8.29. The van der Waals surface area contributed by atoms with Gasteiger partial charge in [0.1, 0.15) is 24.3 Å². The van der Waals surface area contributed by atoms with Gasteiger partial charge in [-0.2, -0.15) is 10.4 Å². The van der Waals surface area contributed by atoms with E-state index in [0.717, 1.165) is 12.0 Å². The van der Waals surface area contributed by atoms with Gasteiger partial charge in [0.15, 0.2) is 5.65 Å². The Morgan fingerprint density at radius 2 is 2.03 bits per heavy atom. The van der Waals surface area contributed by atoms with E-state index in [0.29, 0.717) is 40.7 Å². The van der Waals surface area contributed by atoms with Crippen LogP contribution in [0.3, 0.4) is 0 Å². The number of fused-ring (bicyclic) bond motifs is 1. The van der Waals surface area contributed by atoms with Crippen molar-refractivity contribution in [1.82, 2.24) is 24.6 Å². The third kappa shape index (κ3) is 4.00. The van der Waals surface area contributed by atoms with Gasteiger partial charge in [-0.05, 0) is 18.6 Å². The highest BCUT2D eigenvalue weighted by molar-refractivity contribution is 6.30. The van der Waals surface area contributed by atoms with E-state index in [1.807, 2.05) is 36.7 Å². The minimum Gasteiger partial charge on any atom is -0.383 e. The van der Waals surface area contributed by atoms with Crippen LogP contribution in [0.4, 0.5) is 5.82 Å². The van der Waals surface area contributed by atoms with Crippen molar-refractivity contribution >= 4 is 34.4 Å². The summed E-state index contributed by atoms with van der Waals surface area (Å²) in [6, 6.07) is 9.20. The second-order valence-corrected chi connectivity index (χ2v) is 6.81. The molecule has 150 valence electrons. The number of nitrogens with zero attached hydrogens (tertiary/aromatic N) is 6. The molecule has 3 heterocycles. The molecule has 1 aliphatic heterocycles. The lowest BCUT2D eigenvalue weighted by Crippen LogP contribution is -2.28. The van der Waals surface area contributed by atoms with E-state index in [4.69, 9.17) is 27.7 Å². The van der Waals surface area contributed by atoms with Crippen molar-refractivity contribution in [2.45, 2.75) is 32.7 Å². The highest BCUT2D eigenvalue weighted by atomic mass is 35.5. The molecule has 1 saturated heterocycles. The van der Waals surface area contributed by atoms with Crippen LogP contribution >= 0.6 is 11.6 Å². The van der Waals surface area contributed by atoms with E-state index in [2.05, 4.69) is 9.97 Å². The smallest absolute Gasteiger partial charge is 0.236 e. The molecule has 29 heavy (non-hydrogen) atoms. The molecule has 0 saturated carbocycles. The van der Waals surface area contributed by atoms with E-state index < -0.39 is 0 Å². The zero-order valence-corrected chi connectivity index (χ0v) is 17.1. The molecule has 4 rings (SSSR count). The van der Waals surface area contributed by atoms with Crippen LogP contribution in [0.15, 0.2) is 30.6 Å². The SMILES string of the molecule is CC.N#CCC(=O)N1CCC(n2nc(-c3ccc(Cl)cc3)c3c(N)ncnc32)C1. The number of nitrogen functional groups attached to an aromatic ring is 1. The largest absolute Gasteiger partial charge is 0.383 e. The highest BCUT2D eigenvalue weighted by Crippen LogP contribution is 2.34. The predicted molar refractivity (Wildman–Crippen MR) is 112 cm³/mol. The van der Waals surface area contributed by atoms with Crippen molar-refractivity contribution in [3.8, 4) is 17.3 Å². The third-order valence-corrected chi connectivity index (χ3v) is 4.98. The zero-order chi connectivity index (χ0) is 21.0. The van der Waals surface area contributed by atoms with E-state index in [9.17, 15) is 4.79 Å². The van der Waals surface area contributed by atoms with E-state index in [1.54, 1.807) is 17.0 Å². The summed E-state index contributed by atoms with van der Waals surface area (Å²) in [5.74, 6) is 0.190. The molecule has 1 aliphatic rings. The van der Waals surface area contributed by atoms with Gasteiger partial charge >= 0.3 is 0 Å². The number of carbonyl (C=O) groups excluding carboxylic acids is 1. The number of nitriles is 1. The lowest BCUT2D eigenvalue weighted by molar-refractivity contribution is -0.129. The first-order valence-corrected chi connectivity index (χ1v) is 9.85. The van der Waals surface area contributed by atoms with Crippen molar-refractivity contribution in [2.24, 2.45) is 0 Å². The number of carbonyl (C=O) groups is 1. The third-order valence-electron chi connectivity index (χ3n) is 4.73. The fraction of sp³-hybridized carbons (Fsp3) is 0.350.